The molecular weight excluding hydrogens is 308 g/mol. The van der Waals surface area contributed by atoms with Gasteiger partial charge in [-0.1, -0.05) is 36.3 Å². The molecule has 4 heteroatoms. The van der Waals surface area contributed by atoms with Crippen molar-refractivity contribution in [1.29, 1.82) is 0 Å². The Hall–Kier alpha value is -0.860. The van der Waals surface area contributed by atoms with Crippen molar-refractivity contribution in [3.63, 3.8) is 0 Å². The largest absolute Gasteiger partial charge is 0.374 e. The van der Waals surface area contributed by atoms with E-state index in [9.17, 15) is 0 Å². The standard InChI is InChI=1S/C15H17BrO3/c1-15(2)18-13(8-9-16)14(19-15)11-17-10-12-6-4-3-5-7-12/h3-7,13-14H,10-11H2,1-2H3/t13-,14-/m0/s1. The summed E-state index contributed by atoms with van der Waals surface area (Å²) >= 11 is 3.09. The van der Waals surface area contributed by atoms with Crippen LogP contribution in [0.15, 0.2) is 30.3 Å². The summed E-state index contributed by atoms with van der Waals surface area (Å²) in [7, 11) is 0. The van der Waals surface area contributed by atoms with Gasteiger partial charge in [0.15, 0.2) is 11.9 Å². The molecule has 1 aromatic carbocycles. The molecule has 1 fully saturated rings. The predicted octanol–water partition coefficient (Wildman–Crippen LogP) is 3.08. The Morgan fingerprint density at radius 1 is 1.26 bits per heavy atom. The molecule has 19 heavy (non-hydrogen) atoms. The first-order chi connectivity index (χ1) is 9.11. The minimum Gasteiger partial charge on any atom is -0.374 e. The summed E-state index contributed by atoms with van der Waals surface area (Å²) in [5, 5.41) is 0. The van der Waals surface area contributed by atoms with Gasteiger partial charge in [0.1, 0.15) is 6.10 Å². The van der Waals surface area contributed by atoms with Gasteiger partial charge < -0.3 is 14.2 Å². The molecule has 0 N–H and O–H groups in total. The first-order valence-corrected chi connectivity index (χ1v) is 6.98. The summed E-state index contributed by atoms with van der Waals surface area (Å²) < 4.78 is 17.2. The lowest BCUT2D eigenvalue weighted by Crippen LogP contribution is -2.26. The Bertz CT molecular complexity index is 461. The number of ether oxygens (including phenoxy) is 3. The molecule has 1 aliphatic rings. The molecule has 1 aliphatic heterocycles. The van der Waals surface area contributed by atoms with E-state index in [1.807, 2.05) is 44.2 Å². The monoisotopic (exact) mass is 324 g/mol. The molecule has 0 amide bonds. The molecule has 1 saturated heterocycles. The van der Waals surface area contributed by atoms with Gasteiger partial charge in [-0.2, -0.15) is 0 Å². The highest BCUT2D eigenvalue weighted by Gasteiger charge is 2.40. The molecule has 0 spiro atoms. The molecule has 2 atom stereocenters. The average Bonchev–Trinajstić information content (AvgIpc) is 2.66. The fraction of sp³-hybridized carbons (Fsp3) is 0.467. The second kappa shape index (κ2) is 6.53. The second-order valence-electron chi connectivity index (χ2n) is 4.83. The predicted molar refractivity (Wildman–Crippen MR) is 76.6 cm³/mol. The molecule has 2 rings (SSSR count). The maximum absolute atomic E-state index is 5.78. The van der Waals surface area contributed by atoms with Gasteiger partial charge in [0, 0.05) is 15.9 Å². The summed E-state index contributed by atoms with van der Waals surface area (Å²) in [5.74, 6) is 2.33. The molecule has 0 bridgehead atoms. The average molecular weight is 325 g/mol. The molecular formula is C15H17BrO3. The fourth-order valence-corrected chi connectivity index (χ4v) is 2.23. The molecule has 0 aromatic heterocycles. The first kappa shape index (κ1) is 14.5. The summed E-state index contributed by atoms with van der Waals surface area (Å²) in [6.07, 6.45) is -0.422. The molecule has 0 radical (unpaired) electrons. The van der Waals surface area contributed by atoms with Gasteiger partial charge in [-0.25, -0.2) is 0 Å². The van der Waals surface area contributed by atoms with E-state index in [1.165, 1.54) is 0 Å². The van der Waals surface area contributed by atoms with Gasteiger partial charge in [0.05, 0.1) is 13.2 Å². The minimum atomic E-state index is -0.609. The van der Waals surface area contributed by atoms with Gasteiger partial charge in [-0.3, -0.25) is 0 Å². The van der Waals surface area contributed by atoms with Crippen LogP contribution in [-0.2, 0) is 20.8 Å². The zero-order valence-corrected chi connectivity index (χ0v) is 12.6. The number of benzene rings is 1. The molecule has 1 heterocycles. The van der Waals surface area contributed by atoms with Crippen molar-refractivity contribution in [2.75, 3.05) is 6.61 Å². The van der Waals surface area contributed by atoms with Crippen LogP contribution in [0.25, 0.3) is 0 Å². The van der Waals surface area contributed by atoms with E-state index in [-0.39, 0.29) is 12.2 Å². The zero-order chi connectivity index (χ0) is 13.7. The van der Waals surface area contributed by atoms with Crippen molar-refractivity contribution in [3.8, 4) is 10.8 Å². The quantitative estimate of drug-likeness (QED) is 0.796. The SMILES string of the molecule is CC1(C)O[C@@H](C#CBr)[C@H](COCc2ccccc2)O1. The molecule has 102 valence electrons. The number of hydrogen-bond donors (Lipinski definition) is 0. The first-order valence-electron chi connectivity index (χ1n) is 6.19. The van der Waals surface area contributed by atoms with Gasteiger partial charge in [0.25, 0.3) is 0 Å². The summed E-state index contributed by atoms with van der Waals surface area (Å²) in [4.78, 5) is 2.69. The Balaban J connectivity index is 1.85. The van der Waals surface area contributed by atoms with Crippen molar-refractivity contribution in [2.45, 2.75) is 38.4 Å². The van der Waals surface area contributed by atoms with E-state index in [2.05, 4.69) is 26.7 Å². The van der Waals surface area contributed by atoms with Crippen molar-refractivity contribution in [1.82, 2.24) is 0 Å². The summed E-state index contributed by atoms with van der Waals surface area (Å²) in [5.41, 5.74) is 1.14. The van der Waals surface area contributed by atoms with Crippen molar-refractivity contribution in [2.24, 2.45) is 0 Å². The maximum atomic E-state index is 5.78. The van der Waals surface area contributed by atoms with Crippen LogP contribution in [0.2, 0.25) is 0 Å². The van der Waals surface area contributed by atoms with Crippen molar-refractivity contribution >= 4 is 15.9 Å². The van der Waals surface area contributed by atoms with Crippen LogP contribution in [-0.4, -0.2) is 24.6 Å². The summed E-state index contributed by atoms with van der Waals surface area (Å²) in [6, 6.07) is 10.0. The smallest absolute Gasteiger partial charge is 0.165 e. The highest BCUT2D eigenvalue weighted by molar-refractivity contribution is 9.12. The van der Waals surface area contributed by atoms with Crippen LogP contribution in [0.1, 0.15) is 19.4 Å². The highest BCUT2D eigenvalue weighted by atomic mass is 79.9. The van der Waals surface area contributed by atoms with E-state index < -0.39 is 5.79 Å². The zero-order valence-electron chi connectivity index (χ0n) is 11.1. The van der Waals surface area contributed by atoms with E-state index in [0.717, 1.165) is 5.56 Å². The van der Waals surface area contributed by atoms with E-state index in [1.54, 1.807) is 0 Å². The van der Waals surface area contributed by atoms with Crippen LogP contribution >= 0.6 is 15.9 Å². The van der Waals surface area contributed by atoms with Crippen molar-refractivity contribution in [3.05, 3.63) is 35.9 Å². The Morgan fingerprint density at radius 2 is 2.00 bits per heavy atom. The highest BCUT2D eigenvalue weighted by Crippen LogP contribution is 2.28. The van der Waals surface area contributed by atoms with E-state index in [0.29, 0.717) is 13.2 Å². The number of rotatable bonds is 4. The van der Waals surface area contributed by atoms with E-state index in [4.69, 9.17) is 14.2 Å². The van der Waals surface area contributed by atoms with Crippen LogP contribution in [0.4, 0.5) is 0 Å². The van der Waals surface area contributed by atoms with Gasteiger partial charge >= 0.3 is 0 Å². The van der Waals surface area contributed by atoms with Crippen molar-refractivity contribution < 1.29 is 14.2 Å². The van der Waals surface area contributed by atoms with Crippen LogP contribution in [0.3, 0.4) is 0 Å². The topological polar surface area (TPSA) is 27.7 Å². The lowest BCUT2D eigenvalue weighted by atomic mass is 10.2. The molecule has 0 unspecified atom stereocenters. The molecule has 0 saturated carbocycles. The lowest BCUT2D eigenvalue weighted by Gasteiger charge is -2.16. The van der Waals surface area contributed by atoms with Crippen LogP contribution in [0.5, 0.6) is 0 Å². The Kier molecular flexibility index (Phi) is 5.00. The molecule has 0 aliphatic carbocycles. The third kappa shape index (κ3) is 4.32. The van der Waals surface area contributed by atoms with Gasteiger partial charge in [-0.05, 0) is 24.2 Å². The Morgan fingerprint density at radius 3 is 2.68 bits per heavy atom. The number of halogens is 1. The molecule has 1 aromatic rings. The van der Waals surface area contributed by atoms with Gasteiger partial charge in [-0.15, -0.1) is 0 Å². The molecule has 3 nitrogen and oxygen atoms in total. The minimum absolute atomic E-state index is 0.163. The fourth-order valence-electron chi connectivity index (χ4n) is 2.00. The van der Waals surface area contributed by atoms with Crippen LogP contribution in [0, 0.1) is 10.8 Å². The lowest BCUT2D eigenvalue weighted by molar-refractivity contribution is -0.148. The second-order valence-corrected chi connectivity index (χ2v) is 5.23. The number of hydrogen-bond acceptors (Lipinski definition) is 3. The normalized spacial score (nSPS) is 24.8. The summed E-state index contributed by atoms with van der Waals surface area (Å²) in [6.45, 7) is 4.79. The van der Waals surface area contributed by atoms with E-state index >= 15 is 0 Å². The van der Waals surface area contributed by atoms with Gasteiger partial charge in [0.2, 0.25) is 0 Å². The Labute approximate surface area is 122 Å². The third-order valence-electron chi connectivity index (χ3n) is 2.77. The van der Waals surface area contributed by atoms with Crippen LogP contribution < -0.4 is 0 Å². The third-order valence-corrected chi connectivity index (χ3v) is 3.00. The maximum Gasteiger partial charge on any atom is 0.165 e.